The number of carbonyl (C=O) groups excluding carboxylic acids is 1. The third kappa shape index (κ3) is 5.21. The Balaban J connectivity index is 1.88. The molecular weight excluding hydrogens is 326 g/mol. The number of sulfone groups is 1. The molecule has 0 atom stereocenters. The minimum atomic E-state index is -3.22. The van der Waals surface area contributed by atoms with Gasteiger partial charge in [-0.05, 0) is 49.9 Å². The van der Waals surface area contributed by atoms with E-state index in [1.54, 1.807) is 12.1 Å². The molecular formula is C17H23N3O3S. The maximum absolute atomic E-state index is 12.1. The highest BCUT2D eigenvalue weighted by molar-refractivity contribution is 7.90. The molecule has 6 nitrogen and oxygen atoms in total. The van der Waals surface area contributed by atoms with Gasteiger partial charge in [-0.2, -0.15) is 0 Å². The molecule has 0 saturated carbocycles. The van der Waals surface area contributed by atoms with Gasteiger partial charge in [0.1, 0.15) is 0 Å². The maximum Gasteiger partial charge on any atom is 0.238 e. The number of amides is 1. The number of benzene rings is 1. The first-order chi connectivity index (χ1) is 11.3. The van der Waals surface area contributed by atoms with Gasteiger partial charge < -0.3 is 9.88 Å². The van der Waals surface area contributed by atoms with Crippen LogP contribution < -0.4 is 5.32 Å². The normalized spacial score (nSPS) is 11.7. The van der Waals surface area contributed by atoms with Crippen LogP contribution in [-0.4, -0.2) is 43.6 Å². The van der Waals surface area contributed by atoms with Crippen LogP contribution in [0.3, 0.4) is 0 Å². The predicted molar refractivity (Wildman–Crippen MR) is 94.6 cm³/mol. The molecule has 0 fully saturated rings. The van der Waals surface area contributed by atoms with Crippen molar-refractivity contribution in [1.82, 2.24) is 9.47 Å². The number of nitrogens with zero attached hydrogens (tertiary/aromatic N) is 2. The zero-order valence-corrected chi connectivity index (χ0v) is 15.0. The average Bonchev–Trinajstić information content (AvgIpc) is 2.94. The van der Waals surface area contributed by atoms with Crippen LogP contribution >= 0.6 is 0 Å². The first-order valence-electron chi connectivity index (χ1n) is 7.71. The molecule has 1 heterocycles. The van der Waals surface area contributed by atoms with Gasteiger partial charge in [0.05, 0.1) is 11.4 Å². The summed E-state index contributed by atoms with van der Waals surface area (Å²) in [5.74, 6) is -0.139. The Morgan fingerprint density at radius 3 is 2.42 bits per heavy atom. The quantitative estimate of drug-likeness (QED) is 0.830. The average molecular weight is 349 g/mol. The summed E-state index contributed by atoms with van der Waals surface area (Å²) < 4.78 is 24.9. The number of likely N-dealkylation sites (N-methyl/N-ethyl adjacent to an activating group) is 1. The van der Waals surface area contributed by atoms with E-state index < -0.39 is 9.84 Å². The smallest absolute Gasteiger partial charge is 0.238 e. The Hall–Kier alpha value is -2.12. The number of anilines is 1. The van der Waals surface area contributed by atoms with E-state index in [-0.39, 0.29) is 17.3 Å². The van der Waals surface area contributed by atoms with Crippen LogP contribution in [0, 0.1) is 0 Å². The van der Waals surface area contributed by atoms with Crippen molar-refractivity contribution >= 4 is 21.4 Å². The lowest BCUT2D eigenvalue weighted by atomic mass is 10.3. The maximum atomic E-state index is 12.1. The molecule has 1 aromatic heterocycles. The van der Waals surface area contributed by atoms with E-state index >= 15 is 0 Å². The fraction of sp³-hybridized carbons (Fsp3) is 0.353. The molecule has 0 aliphatic carbocycles. The van der Waals surface area contributed by atoms with Gasteiger partial charge in [-0.3, -0.25) is 9.69 Å². The largest absolute Gasteiger partial charge is 0.354 e. The summed E-state index contributed by atoms with van der Waals surface area (Å²) in [6.07, 6.45) is 5.24. The summed E-state index contributed by atoms with van der Waals surface area (Å²) in [6, 6.07) is 8.21. The Morgan fingerprint density at radius 1 is 1.21 bits per heavy atom. The van der Waals surface area contributed by atoms with E-state index in [9.17, 15) is 13.2 Å². The SMILES string of the molecule is CCn1ccc(CN(C)CC(=O)Nc2ccc(S(C)(=O)=O)cc2)c1. The van der Waals surface area contributed by atoms with E-state index in [0.717, 1.165) is 18.4 Å². The molecule has 0 aliphatic heterocycles. The highest BCUT2D eigenvalue weighted by Crippen LogP contribution is 2.14. The van der Waals surface area contributed by atoms with Crippen LogP contribution in [0.5, 0.6) is 0 Å². The molecule has 2 aromatic rings. The first-order valence-corrected chi connectivity index (χ1v) is 9.60. The van der Waals surface area contributed by atoms with E-state index in [1.165, 1.54) is 12.1 Å². The summed E-state index contributed by atoms with van der Waals surface area (Å²) >= 11 is 0. The Morgan fingerprint density at radius 2 is 1.88 bits per heavy atom. The van der Waals surface area contributed by atoms with E-state index in [4.69, 9.17) is 0 Å². The third-order valence-corrected chi connectivity index (χ3v) is 4.74. The summed E-state index contributed by atoms with van der Waals surface area (Å²) in [6.45, 7) is 3.95. The molecule has 0 unspecified atom stereocenters. The number of hydrogen-bond acceptors (Lipinski definition) is 4. The van der Waals surface area contributed by atoms with Crippen molar-refractivity contribution in [2.24, 2.45) is 0 Å². The second-order valence-corrected chi connectivity index (χ2v) is 7.88. The molecule has 1 N–H and O–H groups in total. The minimum Gasteiger partial charge on any atom is -0.354 e. The highest BCUT2D eigenvalue weighted by Gasteiger charge is 2.10. The molecule has 0 bridgehead atoms. The Labute approximate surface area is 143 Å². The lowest BCUT2D eigenvalue weighted by Gasteiger charge is -2.15. The first kappa shape index (κ1) is 18.2. The highest BCUT2D eigenvalue weighted by atomic mass is 32.2. The van der Waals surface area contributed by atoms with E-state index in [0.29, 0.717) is 12.2 Å². The summed E-state index contributed by atoms with van der Waals surface area (Å²) in [5.41, 5.74) is 1.74. The summed E-state index contributed by atoms with van der Waals surface area (Å²) in [4.78, 5) is 14.2. The molecule has 0 aliphatic rings. The van der Waals surface area contributed by atoms with Crippen LogP contribution in [0.1, 0.15) is 12.5 Å². The van der Waals surface area contributed by atoms with Gasteiger partial charge in [-0.15, -0.1) is 0 Å². The number of hydrogen-bond donors (Lipinski definition) is 1. The number of nitrogens with one attached hydrogen (secondary N) is 1. The Kier molecular flexibility index (Phi) is 5.80. The van der Waals surface area contributed by atoms with Gasteiger partial charge >= 0.3 is 0 Å². The molecule has 0 radical (unpaired) electrons. The minimum absolute atomic E-state index is 0.139. The van der Waals surface area contributed by atoms with Crippen molar-refractivity contribution in [1.29, 1.82) is 0 Å². The van der Waals surface area contributed by atoms with Gasteiger partial charge in [-0.1, -0.05) is 0 Å². The van der Waals surface area contributed by atoms with Crippen LogP contribution in [0.25, 0.3) is 0 Å². The Bertz CT molecular complexity index is 795. The van der Waals surface area contributed by atoms with Crippen LogP contribution in [0.4, 0.5) is 5.69 Å². The number of carbonyl (C=O) groups is 1. The van der Waals surface area contributed by atoms with Crippen LogP contribution in [-0.2, 0) is 27.7 Å². The van der Waals surface area contributed by atoms with E-state index in [2.05, 4.69) is 23.0 Å². The fourth-order valence-electron chi connectivity index (χ4n) is 2.38. The topological polar surface area (TPSA) is 71.4 Å². The third-order valence-electron chi connectivity index (χ3n) is 3.61. The fourth-order valence-corrected chi connectivity index (χ4v) is 3.01. The second kappa shape index (κ2) is 7.63. The zero-order valence-electron chi connectivity index (χ0n) is 14.2. The van der Waals surface area contributed by atoms with Crippen molar-refractivity contribution < 1.29 is 13.2 Å². The molecule has 24 heavy (non-hydrogen) atoms. The number of aromatic nitrogens is 1. The summed E-state index contributed by atoms with van der Waals surface area (Å²) in [5, 5.41) is 2.77. The molecule has 1 aromatic carbocycles. The van der Waals surface area contributed by atoms with Crippen molar-refractivity contribution in [2.45, 2.75) is 24.9 Å². The second-order valence-electron chi connectivity index (χ2n) is 5.87. The van der Waals surface area contributed by atoms with Gasteiger partial charge in [0.2, 0.25) is 5.91 Å². The lowest BCUT2D eigenvalue weighted by molar-refractivity contribution is -0.117. The number of aryl methyl sites for hydroxylation is 1. The summed E-state index contributed by atoms with van der Waals surface area (Å²) in [7, 11) is -1.34. The molecule has 0 saturated heterocycles. The van der Waals surface area contributed by atoms with E-state index in [1.807, 2.05) is 24.2 Å². The van der Waals surface area contributed by atoms with Crippen LogP contribution in [0.15, 0.2) is 47.6 Å². The monoisotopic (exact) mass is 349 g/mol. The van der Waals surface area contributed by atoms with Crippen molar-refractivity contribution in [3.05, 3.63) is 48.3 Å². The van der Waals surface area contributed by atoms with Gasteiger partial charge in [0.25, 0.3) is 0 Å². The van der Waals surface area contributed by atoms with Crippen LogP contribution in [0.2, 0.25) is 0 Å². The van der Waals surface area contributed by atoms with Gasteiger partial charge in [0.15, 0.2) is 9.84 Å². The van der Waals surface area contributed by atoms with Gasteiger partial charge in [-0.25, -0.2) is 8.42 Å². The molecule has 7 heteroatoms. The van der Waals surface area contributed by atoms with Crippen molar-refractivity contribution in [2.75, 3.05) is 25.2 Å². The lowest BCUT2D eigenvalue weighted by Crippen LogP contribution is -2.29. The standard InChI is InChI=1S/C17H23N3O3S/c1-4-20-10-9-14(12-20)11-19(2)13-17(21)18-15-5-7-16(8-6-15)24(3,22)23/h5-10,12H,4,11,13H2,1-3H3,(H,18,21). The predicted octanol–water partition coefficient (Wildman–Crippen LogP) is 1.98. The van der Waals surface area contributed by atoms with Crippen molar-refractivity contribution in [3.63, 3.8) is 0 Å². The van der Waals surface area contributed by atoms with Crippen molar-refractivity contribution in [3.8, 4) is 0 Å². The number of rotatable bonds is 7. The molecule has 1 amide bonds. The molecule has 2 rings (SSSR count). The molecule has 0 spiro atoms. The molecule has 130 valence electrons. The van der Waals surface area contributed by atoms with Gasteiger partial charge in [0, 0.05) is 37.4 Å². The zero-order chi connectivity index (χ0) is 17.7.